The lowest BCUT2D eigenvalue weighted by Crippen LogP contribution is -2.37. The lowest BCUT2D eigenvalue weighted by Gasteiger charge is -2.28. The number of likely N-dealkylation sites (tertiary alicyclic amines) is 1. The fourth-order valence-electron chi connectivity index (χ4n) is 2.74. The Hall–Kier alpha value is -1.61. The first kappa shape index (κ1) is 13.4. The first-order valence-electron chi connectivity index (χ1n) is 7.04. The number of alkyl halides is 1. The van der Waals surface area contributed by atoms with E-state index in [2.05, 4.69) is 4.98 Å². The first-order chi connectivity index (χ1) is 9.77. The Morgan fingerprint density at radius 1 is 1.15 bits per heavy atom. The van der Waals surface area contributed by atoms with Crippen molar-refractivity contribution in [2.24, 2.45) is 0 Å². The normalized spacial score (nSPS) is 17.1. The van der Waals surface area contributed by atoms with Crippen molar-refractivity contribution in [3.8, 4) is 0 Å². The van der Waals surface area contributed by atoms with Gasteiger partial charge in [-0.1, -0.05) is 24.3 Å². The van der Waals surface area contributed by atoms with Crippen LogP contribution in [0.4, 0.5) is 0 Å². The van der Waals surface area contributed by atoms with Gasteiger partial charge in [0.25, 0.3) is 0 Å². The summed E-state index contributed by atoms with van der Waals surface area (Å²) in [5.74, 6) is 0.00418. The number of aromatic nitrogens is 1. The van der Waals surface area contributed by atoms with Gasteiger partial charge in [-0.2, -0.15) is 0 Å². The minimum Gasteiger partial charge on any atom is -0.341 e. The summed E-state index contributed by atoms with van der Waals surface area (Å²) in [5, 5.41) is 0.369. The highest BCUT2D eigenvalue weighted by atomic mass is 35.5. The molecular formula is C16H17ClN2O. The number of halogens is 1. The Morgan fingerprint density at radius 2 is 1.90 bits per heavy atom. The molecule has 2 aromatic rings. The van der Waals surface area contributed by atoms with Gasteiger partial charge in [-0.05, 0) is 25.3 Å². The number of piperidine rings is 1. The van der Waals surface area contributed by atoms with Crippen LogP contribution in [0, 0.1) is 0 Å². The highest BCUT2D eigenvalue weighted by Gasteiger charge is 2.26. The van der Waals surface area contributed by atoms with Gasteiger partial charge in [0, 0.05) is 30.2 Å². The maximum Gasteiger partial charge on any atom is 0.245 e. The SMILES string of the molecule is O=C(C(Cl)c1cccc2cccnc12)N1CCCCC1. The van der Waals surface area contributed by atoms with Gasteiger partial charge in [-0.25, -0.2) is 0 Å². The van der Waals surface area contributed by atoms with E-state index in [-0.39, 0.29) is 5.91 Å². The number of hydrogen-bond donors (Lipinski definition) is 0. The first-order valence-corrected chi connectivity index (χ1v) is 7.47. The molecule has 0 radical (unpaired) electrons. The predicted octanol–water partition coefficient (Wildman–Crippen LogP) is 3.53. The van der Waals surface area contributed by atoms with Gasteiger partial charge in [0.15, 0.2) is 0 Å². The molecule has 1 aliphatic rings. The van der Waals surface area contributed by atoms with Gasteiger partial charge < -0.3 is 4.90 Å². The molecule has 1 aromatic carbocycles. The zero-order valence-corrected chi connectivity index (χ0v) is 12.0. The van der Waals surface area contributed by atoms with Crippen LogP contribution in [0.15, 0.2) is 36.5 Å². The van der Waals surface area contributed by atoms with Crippen LogP contribution in [0.5, 0.6) is 0 Å². The number of carbonyl (C=O) groups is 1. The van der Waals surface area contributed by atoms with E-state index in [0.29, 0.717) is 0 Å². The lowest BCUT2D eigenvalue weighted by atomic mass is 10.0. The van der Waals surface area contributed by atoms with Crippen LogP contribution in [0.25, 0.3) is 10.9 Å². The standard InChI is InChI=1S/C16H17ClN2O/c17-14(16(20)19-10-2-1-3-11-19)13-8-4-6-12-7-5-9-18-15(12)13/h4-9,14H,1-3,10-11H2. The van der Waals surface area contributed by atoms with Crippen molar-refractivity contribution in [2.75, 3.05) is 13.1 Å². The molecule has 0 bridgehead atoms. The molecule has 3 rings (SSSR count). The molecule has 1 atom stereocenters. The minimum absolute atomic E-state index is 0.00418. The van der Waals surface area contributed by atoms with Gasteiger partial charge >= 0.3 is 0 Å². The Bertz CT molecular complexity index is 617. The van der Waals surface area contributed by atoms with E-state index in [1.165, 1.54) is 6.42 Å². The molecule has 20 heavy (non-hydrogen) atoms. The Balaban J connectivity index is 1.91. The zero-order valence-electron chi connectivity index (χ0n) is 11.3. The summed E-state index contributed by atoms with van der Waals surface area (Å²) in [5.41, 5.74) is 1.63. The molecule has 104 valence electrons. The second-order valence-corrected chi connectivity index (χ2v) is 5.61. The molecule has 1 amide bonds. The van der Waals surface area contributed by atoms with E-state index in [1.54, 1.807) is 6.20 Å². The summed E-state index contributed by atoms with van der Waals surface area (Å²) < 4.78 is 0. The van der Waals surface area contributed by atoms with Gasteiger partial charge in [0.1, 0.15) is 5.38 Å². The molecule has 0 spiro atoms. The minimum atomic E-state index is -0.647. The summed E-state index contributed by atoms with van der Waals surface area (Å²) in [6.07, 6.45) is 5.08. The highest BCUT2D eigenvalue weighted by molar-refractivity contribution is 6.31. The number of amides is 1. The number of carbonyl (C=O) groups excluding carboxylic acids is 1. The number of benzene rings is 1. The van der Waals surface area contributed by atoms with E-state index in [9.17, 15) is 4.79 Å². The average Bonchev–Trinajstić information content (AvgIpc) is 2.54. The smallest absolute Gasteiger partial charge is 0.245 e. The van der Waals surface area contributed by atoms with Gasteiger partial charge in [-0.3, -0.25) is 9.78 Å². The summed E-state index contributed by atoms with van der Waals surface area (Å²) >= 11 is 6.44. The molecule has 1 aromatic heterocycles. The van der Waals surface area contributed by atoms with Crippen molar-refractivity contribution in [2.45, 2.75) is 24.6 Å². The van der Waals surface area contributed by atoms with Crippen molar-refractivity contribution in [1.29, 1.82) is 0 Å². The van der Waals surface area contributed by atoms with Crippen LogP contribution in [-0.2, 0) is 4.79 Å². The summed E-state index contributed by atoms with van der Waals surface area (Å²) in [6.45, 7) is 1.64. The predicted molar refractivity (Wildman–Crippen MR) is 80.8 cm³/mol. The molecule has 1 saturated heterocycles. The highest BCUT2D eigenvalue weighted by Crippen LogP contribution is 2.29. The molecule has 0 N–H and O–H groups in total. The maximum atomic E-state index is 12.5. The van der Waals surface area contributed by atoms with Crippen LogP contribution in [0.3, 0.4) is 0 Å². The van der Waals surface area contributed by atoms with Crippen LogP contribution >= 0.6 is 11.6 Å². The molecule has 1 fully saturated rings. The van der Waals surface area contributed by atoms with Crippen molar-refractivity contribution in [3.63, 3.8) is 0 Å². The van der Waals surface area contributed by atoms with Gasteiger partial charge in [0.05, 0.1) is 5.52 Å². The van der Waals surface area contributed by atoms with Crippen LogP contribution in [0.2, 0.25) is 0 Å². The largest absolute Gasteiger partial charge is 0.341 e. The third-order valence-electron chi connectivity index (χ3n) is 3.82. The second-order valence-electron chi connectivity index (χ2n) is 5.17. The third-order valence-corrected chi connectivity index (χ3v) is 4.24. The van der Waals surface area contributed by atoms with E-state index < -0.39 is 5.38 Å². The quantitative estimate of drug-likeness (QED) is 0.792. The van der Waals surface area contributed by atoms with Gasteiger partial charge in [0.2, 0.25) is 5.91 Å². The van der Waals surface area contributed by atoms with E-state index in [0.717, 1.165) is 42.4 Å². The van der Waals surface area contributed by atoms with E-state index in [1.807, 2.05) is 35.2 Å². The number of fused-ring (bicyclic) bond motifs is 1. The van der Waals surface area contributed by atoms with Crippen LogP contribution in [0.1, 0.15) is 30.2 Å². The molecule has 1 unspecified atom stereocenters. The second kappa shape index (κ2) is 5.80. The molecule has 3 nitrogen and oxygen atoms in total. The zero-order chi connectivity index (χ0) is 13.9. The van der Waals surface area contributed by atoms with E-state index >= 15 is 0 Å². The maximum absolute atomic E-state index is 12.5. The number of hydrogen-bond acceptors (Lipinski definition) is 2. The lowest BCUT2D eigenvalue weighted by molar-refractivity contribution is -0.131. The monoisotopic (exact) mass is 288 g/mol. The molecule has 2 heterocycles. The number of nitrogens with zero attached hydrogens (tertiary/aromatic N) is 2. The van der Waals surface area contributed by atoms with Crippen molar-refractivity contribution < 1.29 is 4.79 Å². The molecule has 4 heteroatoms. The molecule has 0 aliphatic carbocycles. The summed E-state index contributed by atoms with van der Waals surface area (Å²) in [7, 11) is 0. The third kappa shape index (κ3) is 2.50. The molecule has 0 saturated carbocycles. The van der Waals surface area contributed by atoms with Crippen molar-refractivity contribution >= 4 is 28.4 Å². The van der Waals surface area contributed by atoms with Crippen LogP contribution < -0.4 is 0 Å². The number of rotatable bonds is 2. The number of pyridine rings is 1. The summed E-state index contributed by atoms with van der Waals surface area (Å²) in [4.78, 5) is 18.8. The fraction of sp³-hybridized carbons (Fsp3) is 0.375. The van der Waals surface area contributed by atoms with Crippen LogP contribution in [-0.4, -0.2) is 28.9 Å². The Kier molecular flexibility index (Phi) is 3.88. The van der Waals surface area contributed by atoms with Gasteiger partial charge in [-0.15, -0.1) is 11.6 Å². The fourth-order valence-corrected chi connectivity index (χ4v) is 3.05. The molecule has 1 aliphatic heterocycles. The molecular weight excluding hydrogens is 272 g/mol. The van der Waals surface area contributed by atoms with Crippen molar-refractivity contribution in [1.82, 2.24) is 9.88 Å². The van der Waals surface area contributed by atoms with Crippen molar-refractivity contribution in [3.05, 3.63) is 42.1 Å². The summed E-state index contributed by atoms with van der Waals surface area (Å²) in [6, 6.07) is 9.69. The topological polar surface area (TPSA) is 33.2 Å². The average molecular weight is 289 g/mol. The number of para-hydroxylation sites is 1. The Labute approximate surface area is 123 Å². The van der Waals surface area contributed by atoms with E-state index in [4.69, 9.17) is 11.6 Å². The Morgan fingerprint density at radius 3 is 2.70 bits per heavy atom.